The highest BCUT2D eigenvalue weighted by Crippen LogP contribution is 2.43. The maximum absolute atomic E-state index is 13.1. The summed E-state index contributed by atoms with van der Waals surface area (Å²) in [6.45, 7) is 6.37. The van der Waals surface area contributed by atoms with Crippen LogP contribution >= 0.6 is 11.3 Å². The van der Waals surface area contributed by atoms with Gasteiger partial charge in [-0.2, -0.15) is 0 Å². The molecule has 1 atom stereocenters. The van der Waals surface area contributed by atoms with Crippen molar-refractivity contribution in [2.24, 2.45) is 0 Å². The summed E-state index contributed by atoms with van der Waals surface area (Å²) in [5.74, 6) is -0.267. The number of carbonyl (C=O) groups excluding carboxylic acids is 2. The molecule has 1 aliphatic heterocycles. The molecule has 0 radical (unpaired) electrons. The third-order valence-corrected chi connectivity index (χ3v) is 6.42. The average Bonchev–Trinajstić information content (AvgIpc) is 3.46. The van der Waals surface area contributed by atoms with Crippen molar-refractivity contribution >= 4 is 28.8 Å². The Morgan fingerprint density at radius 3 is 2.61 bits per heavy atom. The fraction of sp³-hybridized carbons (Fsp3) is 0.250. The van der Waals surface area contributed by atoms with Crippen molar-refractivity contribution in [3.63, 3.8) is 0 Å². The molecule has 0 bridgehead atoms. The van der Waals surface area contributed by atoms with E-state index in [9.17, 15) is 14.7 Å². The molecule has 1 saturated heterocycles. The minimum Gasteiger partial charge on any atom is -0.507 e. The van der Waals surface area contributed by atoms with E-state index in [1.54, 1.807) is 30.3 Å². The molecule has 0 spiro atoms. The van der Waals surface area contributed by atoms with Gasteiger partial charge in [0.25, 0.3) is 11.7 Å². The first kappa shape index (κ1) is 20.9. The maximum Gasteiger partial charge on any atom is 0.296 e. The number of ketones is 1. The number of nitrogens with zero attached hydrogens (tertiary/aromatic N) is 1. The zero-order valence-corrected chi connectivity index (χ0v) is 18.4. The third kappa shape index (κ3) is 3.77. The van der Waals surface area contributed by atoms with Gasteiger partial charge in [0.15, 0.2) is 0 Å². The van der Waals surface area contributed by atoms with E-state index in [0.717, 1.165) is 16.0 Å². The lowest BCUT2D eigenvalue weighted by Crippen LogP contribution is -2.28. The van der Waals surface area contributed by atoms with E-state index in [1.165, 1.54) is 22.5 Å². The predicted molar refractivity (Wildman–Crippen MR) is 118 cm³/mol. The number of amides is 1. The monoisotopic (exact) mass is 437 g/mol. The summed E-state index contributed by atoms with van der Waals surface area (Å²) in [6, 6.07) is 9.97. The number of Topliss-reactive ketones (excluding diaryl/α,β-unsaturated/α-hetero) is 1. The molecule has 4 rings (SSSR count). The van der Waals surface area contributed by atoms with Gasteiger partial charge in [0.1, 0.15) is 23.3 Å². The first-order valence-corrected chi connectivity index (χ1v) is 10.9. The standard InChI is InChI=1S/C24H23NO5S/c1-4-29-18-8-7-16(12-15(18)3)21(26)19-20(23-14(2)9-11-31-23)25(24(28)22(19)27)13-17-6-5-10-30-17/h5-12,20,26H,4,13H2,1-3H3/b21-19-. The summed E-state index contributed by atoms with van der Waals surface area (Å²) in [6.07, 6.45) is 1.53. The molecule has 31 heavy (non-hydrogen) atoms. The maximum atomic E-state index is 13.1. The molecule has 1 amide bonds. The molecular weight excluding hydrogens is 414 g/mol. The van der Waals surface area contributed by atoms with E-state index in [4.69, 9.17) is 9.15 Å². The number of hydrogen-bond acceptors (Lipinski definition) is 6. The fourth-order valence-electron chi connectivity index (χ4n) is 3.82. The summed E-state index contributed by atoms with van der Waals surface area (Å²) in [4.78, 5) is 28.4. The third-order valence-electron chi connectivity index (χ3n) is 5.34. The van der Waals surface area contributed by atoms with Gasteiger partial charge in [0.2, 0.25) is 0 Å². The van der Waals surface area contributed by atoms with E-state index in [1.807, 2.05) is 32.2 Å². The average molecular weight is 438 g/mol. The Labute approximate surface area is 184 Å². The molecule has 1 unspecified atom stereocenters. The number of hydrogen-bond donors (Lipinski definition) is 1. The molecule has 160 valence electrons. The lowest BCUT2D eigenvalue weighted by atomic mass is 9.97. The zero-order valence-electron chi connectivity index (χ0n) is 17.5. The Bertz CT molecular complexity index is 1160. The van der Waals surface area contributed by atoms with Gasteiger partial charge in [0, 0.05) is 10.4 Å². The van der Waals surface area contributed by atoms with Crippen LogP contribution in [-0.4, -0.2) is 28.3 Å². The fourth-order valence-corrected chi connectivity index (χ4v) is 4.87. The Morgan fingerprint density at radius 1 is 1.19 bits per heavy atom. The van der Waals surface area contributed by atoms with Crippen LogP contribution in [0.25, 0.3) is 5.76 Å². The van der Waals surface area contributed by atoms with Gasteiger partial charge in [0.05, 0.1) is 25.0 Å². The summed E-state index contributed by atoms with van der Waals surface area (Å²) in [5, 5.41) is 13.1. The van der Waals surface area contributed by atoms with Crippen LogP contribution < -0.4 is 4.74 Å². The van der Waals surface area contributed by atoms with E-state index in [2.05, 4.69) is 0 Å². The number of carbonyl (C=O) groups is 2. The molecule has 1 N–H and O–H groups in total. The number of aliphatic hydroxyl groups is 1. The van der Waals surface area contributed by atoms with Gasteiger partial charge < -0.3 is 19.2 Å². The summed E-state index contributed by atoms with van der Waals surface area (Å²) >= 11 is 1.45. The van der Waals surface area contributed by atoms with Crippen LogP contribution in [-0.2, 0) is 16.1 Å². The number of rotatable bonds is 6. The quantitative estimate of drug-likeness (QED) is 0.334. The van der Waals surface area contributed by atoms with Crippen LogP contribution in [0.3, 0.4) is 0 Å². The lowest BCUT2D eigenvalue weighted by molar-refractivity contribution is -0.140. The molecule has 0 saturated carbocycles. The summed E-state index contributed by atoms with van der Waals surface area (Å²) in [5.41, 5.74) is 2.34. The van der Waals surface area contributed by atoms with Crippen LogP contribution in [0.2, 0.25) is 0 Å². The van der Waals surface area contributed by atoms with Gasteiger partial charge in [-0.25, -0.2) is 0 Å². The Morgan fingerprint density at radius 2 is 2.00 bits per heavy atom. The van der Waals surface area contributed by atoms with Crippen molar-refractivity contribution in [2.75, 3.05) is 6.61 Å². The molecule has 0 aliphatic carbocycles. The second-order valence-electron chi connectivity index (χ2n) is 7.39. The van der Waals surface area contributed by atoms with E-state index >= 15 is 0 Å². The molecular formula is C24H23NO5S. The van der Waals surface area contributed by atoms with Gasteiger partial charge in [-0.1, -0.05) is 0 Å². The number of thiophene rings is 1. The molecule has 7 heteroatoms. The van der Waals surface area contributed by atoms with Crippen molar-refractivity contribution in [1.82, 2.24) is 4.90 Å². The second-order valence-corrected chi connectivity index (χ2v) is 8.34. The minimum atomic E-state index is -0.701. The van der Waals surface area contributed by atoms with E-state index in [-0.39, 0.29) is 17.9 Å². The van der Waals surface area contributed by atoms with E-state index < -0.39 is 17.7 Å². The molecule has 1 fully saturated rings. The summed E-state index contributed by atoms with van der Waals surface area (Å²) < 4.78 is 11.0. The van der Waals surface area contributed by atoms with Crippen LogP contribution in [0.1, 0.15) is 40.3 Å². The number of furan rings is 1. The van der Waals surface area contributed by atoms with Crippen LogP contribution in [0.5, 0.6) is 5.75 Å². The van der Waals surface area contributed by atoms with Crippen LogP contribution in [0, 0.1) is 13.8 Å². The van der Waals surface area contributed by atoms with Gasteiger partial charge in [-0.15, -0.1) is 11.3 Å². The van der Waals surface area contributed by atoms with Crippen molar-refractivity contribution in [1.29, 1.82) is 0 Å². The highest BCUT2D eigenvalue weighted by molar-refractivity contribution is 7.10. The second kappa shape index (κ2) is 8.43. The number of aryl methyl sites for hydroxylation is 2. The number of likely N-dealkylation sites (tertiary alicyclic amines) is 1. The van der Waals surface area contributed by atoms with Crippen molar-refractivity contribution in [2.45, 2.75) is 33.4 Å². The van der Waals surface area contributed by atoms with Crippen molar-refractivity contribution in [3.8, 4) is 5.75 Å². The molecule has 1 aliphatic rings. The van der Waals surface area contributed by atoms with Crippen molar-refractivity contribution < 1.29 is 23.8 Å². The first-order valence-electron chi connectivity index (χ1n) is 10.0. The normalized spacial score (nSPS) is 18.0. The molecule has 1 aromatic carbocycles. The molecule has 2 aromatic heterocycles. The first-order chi connectivity index (χ1) is 14.9. The van der Waals surface area contributed by atoms with Crippen molar-refractivity contribution in [3.05, 3.63) is 80.9 Å². The van der Waals surface area contributed by atoms with Gasteiger partial charge >= 0.3 is 0 Å². The zero-order chi connectivity index (χ0) is 22.1. The number of aliphatic hydroxyl groups excluding tert-OH is 1. The Hall–Kier alpha value is -3.32. The SMILES string of the molecule is CCOc1ccc(/C(O)=C2/C(=O)C(=O)N(Cc3ccco3)C2c2sccc2C)cc1C. The number of benzene rings is 1. The predicted octanol–water partition coefficient (Wildman–Crippen LogP) is 4.98. The number of ether oxygens (including phenoxy) is 1. The smallest absolute Gasteiger partial charge is 0.296 e. The van der Waals surface area contributed by atoms with Crippen LogP contribution in [0.15, 0.2) is 58.0 Å². The summed E-state index contributed by atoms with van der Waals surface area (Å²) in [7, 11) is 0. The van der Waals surface area contributed by atoms with Gasteiger partial charge in [-0.05, 0) is 73.7 Å². The highest BCUT2D eigenvalue weighted by atomic mass is 32.1. The largest absolute Gasteiger partial charge is 0.507 e. The van der Waals surface area contributed by atoms with Crippen LogP contribution in [0.4, 0.5) is 0 Å². The lowest BCUT2D eigenvalue weighted by Gasteiger charge is -2.24. The highest BCUT2D eigenvalue weighted by Gasteiger charge is 2.47. The Kier molecular flexibility index (Phi) is 5.69. The molecule has 3 heterocycles. The van der Waals surface area contributed by atoms with Gasteiger partial charge in [-0.3, -0.25) is 9.59 Å². The Balaban J connectivity index is 1.84. The topological polar surface area (TPSA) is 80.0 Å². The minimum absolute atomic E-state index is 0.0886. The van der Waals surface area contributed by atoms with E-state index in [0.29, 0.717) is 23.7 Å². The molecule has 3 aromatic rings. The molecule has 6 nitrogen and oxygen atoms in total.